The zero-order valence-corrected chi connectivity index (χ0v) is 16.2. The van der Waals surface area contributed by atoms with Gasteiger partial charge in [0.25, 0.3) is 5.91 Å². The number of hydrogen-bond acceptors (Lipinski definition) is 3. The maximum atomic E-state index is 13.2. The Bertz CT molecular complexity index is 1210. The molecule has 0 spiro atoms. The standard InChI is InChI=1S/C26H20N2O2/c29-25(20-11-3-1-4-12-20)23(18-27-21-14-5-2-6-15-21)26(30)28-24-17-9-13-19-10-7-8-16-22(19)24/h1-18,27H,(H,28,30)/b23-18+. The number of carbonyl (C=O) groups is 2. The number of carbonyl (C=O) groups excluding carboxylic acids is 2. The van der Waals surface area contributed by atoms with E-state index in [9.17, 15) is 9.59 Å². The summed E-state index contributed by atoms with van der Waals surface area (Å²) in [5, 5.41) is 7.88. The van der Waals surface area contributed by atoms with Gasteiger partial charge in [0.15, 0.2) is 5.78 Å². The molecule has 0 atom stereocenters. The predicted octanol–water partition coefficient (Wildman–Crippen LogP) is 5.66. The van der Waals surface area contributed by atoms with Gasteiger partial charge >= 0.3 is 0 Å². The first-order valence-electron chi connectivity index (χ1n) is 9.63. The largest absolute Gasteiger partial charge is 0.361 e. The molecule has 4 heteroatoms. The van der Waals surface area contributed by atoms with E-state index in [-0.39, 0.29) is 11.4 Å². The molecule has 0 fully saturated rings. The predicted molar refractivity (Wildman–Crippen MR) is 121 cm³/mol. The normalized spacial score (nSPS) is 11.1. The van der Waals surface area contributed by atoms with E-state index < -0.39 is 5.91 Å². The van der Waals surface area contributed by atoms with Crippen molar-refractivity contribution in [1.82, 2.24) is 0 Å². The van der Waals surface area contributed by atoms with Gasteiger partial charge in [0.1, 0.15) is 5.57 Å². The van der Waals surface area contributed by atoms with E-state index in [4.69, 9.17) is 0 Å². The van der Waals surface area contributed by atoms with Crippen LogP contribution in [0.5, 0.6) is 0 Å². The van der Waals surface area contributed by atoms with Crippen LogP contribution in [0.25, 0.3) is 10.8 Å². The molecule has 0 aromatic heterocycles. The Balaban J connectivity index is 1.67. The average Bonchev–Trinajstić information content (AvgIpc) is 2.80. The van der Waals surface area contributed by atoms with Crippen LogP contribution >= 0.6 is 0 Å². The number of hydrogen-bond donors (Lipinski definition) is 2. The smallest absolute Gasteiger partial charge is 0.261 e. The Labute approximate surface area is 174 Å². The fourth-order valence-corrected chi connectivity index (χ4v) is 3.19. The summed E-state index contributed by atoms with van der Waals surface area (Å²) in [5.74, 6) is -0.819. The van der Waals surface area contributed by atoms with Crippen LogP contribution in [0, 0.1) is 0 Å². The van der Waals surface area contributed by atoms with Crippen LogP contribution in [0.4, 0.5) is 11.4 Å². The SMILES string of the molecule is O=C(Nc1cccc2ccccc12)/C(=C/Nc1ccccc1)C(=O)c1ccccc1. The zero-order chi connectivity index (χ0) is 20.8. The summed E-state index contributed by atoms with van der Waals surface area (Å²) >= 11 is 0. The Hall–Kier alpha value is -4.18. The molecule has 30 heavy (non-hydrogen) atoms. The van der Waals surface area contributed by atoms with E-state index >= 15 is 0 Å². The molecule has 0 bridgehead atoms. The molecule has 4 nitrogen and oxygen atoms in total. The van der Waals surface area contributed by atoms with E-state index in [1.807, 2.05) is 78.9 Å². The first-order valence-corrected chi connectivity index (χ1v) is 9.63. The van der Waals surface area contributed by atoms with Gasteiger partial charge in [-0.2, -0.15) is 0 Å². The lowest BCUT2D eigenvalue weighted by Crippen LogP contribution is -2.22. The number of benzene rings is 4. The van der Waals surface area contributed by atoms with Crippen LogP contribution in [0.3, 0.4) is 0 Å². The van der Waals surface area contributed by atoms with E-state index in [0.717, 1.165) is 16.5 Å². The van der Waals surface area contributed by atoms with Gasteiger partial charge < -0.3 is 10.6 Å². The van der Waals surface area contributed by atoms with E-state index in [1.54, 1.807) is 24.3 Å². The fraction of sp³-hybridized carbons (Fsp3) is 0. The highest BCUT2D eigenvalue weighted by atomic mass is 16.2. The quantitative estimate of drug-likeness (QED) is 0.193. The Morgan fingerprint density at radius 1 is 0.667 bits per heavy atom. The lowest BCUT2D eigenvalue weighted by Gasteiger charge is -2.12. The highest BCUT2D eigenvalue weighted by Gasteiger charge is 2.20. The van der Waals surface area contributed by atoms with Gasteiger partial charge in [-0.3, -0.25) is 9.59 Å². The molecule has 0 aliphatic rings. The molecular formula is C26H20N2O2. The minimum absolute atomic E-state index is 0.0259. The second-order valence-electron chi connectivity index (χ2n) is 6.74. The van der Waals surface area contributed by atoms with Crippen LogP contribution in [0.1, 0.15) is 10.4 Å². The maximum absolute atomic E-state index is 13.2. The summed E-state index contributed by atoms with van der Waals surface area (Å²) in [6.07, 6.45) is 1.46. The van der Waals surface area contributed by atoms with Crippen molar-refractivity contribution in [2.45, 2.75) is 0 Å². The van der Waals surface area contributed by atoms with Gasteiger partial charge in [-0.05, 0) is 23.6 Å². The molecule has 0 aliphatic carbocycles. The van der Waals surface area contributed by atoms with E-state index in [1.165, 1.54) is 6.20 Å². The second kappa shape index (κ2) is 8.88. The number of anilines is 2. The molecule has 0 aliphatic heterocycles. The van der Waals surface area contributed by atoms with Crippen molar-refractivity contribution >= 4 is 33.8 Å². The van der Waals surface area contributed by atoms with Crippen LogP contribution < -0.4 is 10.6 Å². The molecule has 146 valence electrons. The molecule has 4 aromatic carbocycles. The molecular weight excluding hydrogens is 372 g/mol. The van der Waals surface area contributed by atoms with E-state index in [0.29, 0.717) is 11.3 Å². The second-order valence-corrected chi connectivity index (χ2v) is 6.74. The Kier molecular flexibility index (Phi) is 5.67. The van der Waals surface area contributed by atoms with Crippen molar-refractivity contribution in [3.8, 4) is 0 Å². The monoisotopic (exact) mass is 392 g/mol. The maximum Gasteiger partial charge on any atom is 0.261 e. The molecule has 4 rings (SSSR count). The number of fused-ring (bicyclic) bond motifs is 1. The van der Waals surface area contributed by atoms with Crippen LogP contribution in [-0.4, -0.2) is 11.7 Å². The molecule has 0 unspecified atom stereocenters. The summed E-state index contributed by atoms with van der Waals surface area (Å²) in [4.78, 5) is 26.2. The first-order chi connectivity index (χ1) is 14.7. The number of ketones is 1. The van der Waals surface area contributed by atoms with Crippen LogP contribution in [0.15, 0.2) is 115 Å². The number of para-hydroxylation sites is 1. The van der Waals surface area contributed by atoms with Crippen molar-refractivity contribution in [1.29, 1.82) is 0 Å². The van der Waals surface area contributed by atoms with Gasteiger partial charge in [-0.1, -0.05) is 84.9 Å². The Morgan fingerprint density at radius 3 is 2.07 bits per heavy atom. The number of nitrogens with one attached hydrogen (secondary N) is 2. The summed E-state index contributed by atoms with van der Waals surface area (Å²) in [5.41, 5.74) is 1.92. The summed E-state index contributed by atoms with van der Waals surface area (Å²) in [6, 6.07) is 31.6. The van der Waals surface area contributed by atoms with Crippen LogP contribution in [0.2, 0.25) is 0 Å². The van der Waals surface area contributed by atoms with Gasteiger partial charge in [0.2, 0.25) is 0 Å². The molecule has 2 N–H and O–H groups in total. The van der Waals surface area contributed by atoms with Crippen molar-refractivity contribution in [2.75, 3.05) is 10.6 Å². The molecule has 0 saturated heterocycles. The average molecular weight is 392 g/mol. The van der Waals surface area contributed by atoms with Crippen molar-refractivity contribution in [2.24, 2.45) is 0 Å². The van der Waals surface area contributed by atoms with Gasteiger partial charge in [0.05, 0.1) is 0 Å². The summed E-state index contributed by atoms with van der Waals surface area (Å²) in [7, 11) is 0. The molecule has 4 aromatic rings. The van der Waals surface area contributed by atoms with Crippen molar-refractivity contribution in [3.63, 3.8) is 0 Å². The Morgan fingerprint density at radius 2 is 1.30 bits per heavy atom. The molecule has 0 heterocycles. The molecule has 0 radical (unpaired) electrons. The topological polar surface area (TPSA) is 58.2 Å². The van der Waals surface area contributed by atoms with Crippen LogP contribution in [-0.2, 0) is 4.79 Å². The van der Waals surface area contributed by atoms with Gasteiger partial charge in [0, 0.05) is 28.5 Å². The number of Topliss-reactive ketones (excluding diaryl/α,β-unsaturated/α-hetero) is 1. The number of rotatable bonds is 6. The lowest BCUT2D eigenvalue weighted by atomic mass is 10.0. The summed E-state index contributed by atoms with van der Waals surface area (Å²) < 4.78 is 0. The highest BCUT2D eigenvalue weighted by Crippen LogP contribution is 2.24. The molecule has 0 saturated carbocycles. The third-order valence-electron chi connectivity index (χ3n) is 4.72. The van der Waals surface area contributed by atoms with E-state index in [2.05, 4.69) is 10.6 Å². The minimum Gasteiger partial charge on any atom is -0.361 e. The minimum atomic E-state index is -0.469. The lowest BCUT2D eigenvalue weighted by molar-refractivity contribution is -0.112. The third kappa shape index (κ3) is 4.28. The van der Waals surface area contributed by atoms with Gasteiger partial charge in [-0.25, -0.2) is 0 Å². The third-order valence-corrected chi connectivity index (χ3v) is 4.72. The fourth-order valence-electron chi connectivity index (χ4n) is 3.19. The highest BCUT2D eigenvalue weighted by molar-refractivity contribution is 6.29. The van der Waals surface area contributed by atoms with Crippen molar-refractivity contribution < 1.29 is 9.59 Å². The van der Waals surface area contributed by atoms with Gasteiger partial charge in [-0.15, -0.1) is 0 Å². The number of amides is 1. The first kappa shape index (κ1) is 19.2. The van der Waals surface area contributed by atoms with Crippen molar-refractivity contribution in [3.05, 3.63) is 120 Å². The summed E-state index contributed by atoms with van der Waals surface area (Å²) in [6.45, 7) is 0. The zero-order valence-electron chi connectivity index (χ0n) is 16.2. The molecule has 1 amide bonds.